The number of carbonyl (C=O) groups excluding carboxylic acids is 1. The lowest BCUT2D eigenvalue weighted by Crippen LogP contribution is -2.39. The number of fused-ring (bicyclic) bond motifs is 1. The van der Waals surface area contributed by atoms with Crippen LogP contribution in [0.15, 0.2) is 36.4 Å². The number of hydrogen-bond acceptors (Lipinski definition) is 3. The van der Waals surface area contributed by atoms with Gasteiger partial charge in [0.1, 0.15) is 6.04 Å². The molecule has 0 radical (unpaired) electrons. The highest BCUT2D eigenvalue weighted by Gasteiger charge is 2.35. The number of ether oxygens (including phenoxy) is 1. The number of anilines is 1. The minimum Gasteiger partial charge on any atom is -0.467 e. The summed E-state index contributed by atoms with van der Waals surface area (Å²) < 4.78 is 5.03. The first-order valence-electron chi connectivity index (χ1n) is 8.32. The molecule has 0 spiro atoms. The molecule has 25 heavy (non-hydrogen) atoms. The van der Waals surface area contributed by atoms with Gasteiger partial charge in [-0.15, -0.1) is 0 Å². The first kappa shape index (κ1) is 18.1. The fourth-order valence-electron chi connectivity index (χ4n) is 3.27. The molecule has 0 aromatic heterocycles. The van der Waals surface area contributed by atoms with Gasteiger partial charge in [0.2, 0.25) is 0 Å². The van der Waals surface area contributed by atoms with Crippen LogP contribution in [-0.4, -0.2) is 19.1 Å². The van der Waals surface area contributed by atoms with Gasteiger partial charge in [-0.25, -0.2) is 4.79 Å². The van der Waals surface area contributed by atoms with Gasteiger partial charge in [0.05, 0.1) is 17.2 Å². The van der Waals surface area contributed by atoms with Gasteiger partial charge < -0.3 is 9.64 Å². The van der Waals surface area contributed by atoms with Gasteiger partial charge in [-0.2, -0.15) is 0 Å². The third-order valence-corrected chi connectivity index (χ3v) is 5.42. The van der Waals surface area contributed by atoms with E-state index >= 15 is 0 Å². The lowest BCUT2D eigenvalue weighted by atomic mass is 9.99. The van der Waals surface area contributed by atoms with Gasteiger partial charge in [0.15, 0.2) is 0 Å². The number of carbonyl (C=O) groups is 1. The molecule has 1 unspecified atom stereocenters. The van der Waals surface area contributed by atoms with E-state index in [9.17, 15) is 4.79 Å². The summed E-state index contributed by atoms with van der Waals surface area (Å²) in [5.41, 5.74) is 4.54. The molecule has 1 aliphatic heterocycles. The van der Waals surface area contributed by atoms with E-state index in [2.05, 4.69) is 36.9 Å². The molecule has 0 bridgehead atoms. The molecule has 0 N–H and O–H groups in total. The van der Waals surface area contributed by atoms with Gasteiger partial charge in [0, 0.05) is 18.7 Å². The Balaban J connectivity index is 1.96. The van der Waals surface area contributed by atoms with Crippen molar-refractivity contribution in [1.82, 2.24) is 0 Å². The maximum atomic E-state index is 12.3. The Morgan fingerprint density at radius 2 is 1.96 bits per heavy atom. The molecule has 0 saturated carbocycles. The van der Waals surface area contributed by atoms with E-state index in [1.54, 1.807) is 6.07 Å². The average molecular weight is 378 g/mol. The normalized spacial score (nSPS) is 16.2. The summed E-state index contributed by atoms with van der Waals surface area (Å²) in [6.45, 7) is 4.91. The molecule has 0 saturated heterocycles. The van der Waals surface area contributed by atoms with E-state index in [0.29, 0.717) is 28.9 Å². The molecule has 0 aliphatic carbocycles. The van der Waals surface area contributed by atoms with Crippen molar-refractivity contribution in [3.63, 3.8) is 0 Å². The maximum absolute atomic E-state index is 12.3. The zero-order chi connectivity index (χ0) is 18.1. The van der Waals surface area contributed by atoms with E-state index < -0.39 is 0 Å². The largest absolute Gasteiger partial charge is 0.467 e. The van der Waals surface area contributed by atoms with Crippen molar-refractivity contribution in [1.29, 1.82) is 0 Å². The van der Waals surface area contributed by atoms with Crippen LogP contribution in [0.3, 0.4) is 0 Å². The summed E-state index contributed by atoms with van der Waals surface area (Å²) in [6, 6.07) is 11.7. The Bertz CT molecular complexity index is 804. The van der Waals surface area contributed by atoms with Crippen molar-refractivity contribution in [3.05, 3.63) is 63.1 Å². The molecule has 132 valence electrons. The molecule has 5 heteroatoms. The Labute approximate surface area is 158 Å². The van der Waals surface area contributed by atoms with Gasteiger partial charge in [-0.3, -0.25) is 0 Å². The second-order valence-electron chi connectivity index (χ2n) is 6.66. The lowest BCUT2D eigenvalue weighted by Gasteiger charge is -2.26. The van der Waals surface area contributed by atoms with Crippen LogP contribution in [0.5, 0.6) is 0 Å². The highest BCUT2D eigenvalue weighted by Crippen LogP contribution is 2.36. The number of methoxy groups -OCH3 is 1. The van der Waals surface area contributed by atoms with Crippen LogP contribution in [0.1, 0.15) is 36.5 Å². The predicted molar refractivity (Wildman–Crippen MR) is 103 cm³/mol. The zero-order valence-electron chi connectivity index (χ0n) is 14.6. The van der Waals surface area contributed by atoms with Crippen molar-refractivity contribution in [2.24, 2.45) is 0 Å². The summed E-state index contributed by atoms with van der Waals surface area (Å²) in [5, 5.41) is 1.04. The molecule has 2 aromatic carbocycles. The minimum absolute atomic E-state index is 0.220. The van der Waals surface area contributed by atoms with Gasteiger partial charge in [-0.05, 0) is 40.8 Å². The van der Waals surface area contributed by atoms with Crippen molar-refractivity contribution in [2.45, 2.75) is 38.8 Å². The average Bonchev–Trinajstić information content (AvgIpc) is 2.95. The van der Waals surface area contributed by atoms with Gasteiger partial charge in [-0.1, -0.05) is 55.2 Å². The molecule has 3 rings (SSSR count). The molecule has 0 fully saturated rings. The van der Waals surface area contributed by atoms with Gasteiger partial charge in [0.25, 0.3) is 0 Å². The minimum atomic E-state index is -0.322. The molecule has 0 amide bonds. The third kappa shape index (κ3) is 3.63. The highest BCUT2D eigenvalue weighted by atomic mass is 35.5. The fraction of sp³-hybridized carbons (Fsp3) is 0.350. The van der Waals surface area contributed by atoms with Crippen molar-refractivity contribution >= 4 is 34.9 Å². The summed E-state index contributed by atoms with van der Waals surface area (Å²) in [7, 11) is 1.43. The SMILES string of the molecule is COC(=O)C1Cc2cc(C(C)C)ccc2N1Cc1ccc(Cl)c(Cl)c1. The van der Waals surface area contributed by atoms with E-state index in [-0.39, 0.29) is 12.0 Å². The Kier molecular flexibility index (Phi) is 5.26. The van der Waals surface area contributed by atoms with Crippen molar-refractivity contribution in [2.75, 3.05) is 12.0 Å². The zero-order valence-corrected chi connectivity index (χ0v) is 16.1. The molecule has 1 atom stereocenters. The summed E-state index contributed by atoms with van der Waals surface area (Å²) in [4.78, 5) is 14.4. The third-order valence-electron chi connectivity index (χ3n) is 4.68. The number of nitrogens with zero attached hydrogens (tertiary/aromatic N) is 1. The Morgan fingerprint density at radius 1 is 1.20 bits per heavy atom. The molecule has 1 heterocycles. The van der Waals surface area contributed by atoms with E-state index in [0.717, 1.165) is 11.3 Å². The van der Waals surface area contributed by atoms with Crippen molar-refractivity contribution in [3.8, 4) is 0 Å². The number of benzene rings is 2. The summed E-state index contributed by atoms with van der Waals surface area (Å²) >= 11 is 12.1. The maximum Gasteiger partial charge on any atom is 0.328 e. The quantitative estimate of drug-likeness (QED) is 0.683. The molecular formula is C20H21Cl2NO2. The fourth-order valence-corrected chi connectivity index (χ4v) is 3.59. The number of rotatable bonds is 4. The van der Waals surface area contributed by atoms with Crippen LogP contribution < -0.4 is 4.90 Å². The first-order valence-corrected chi connectivity index (χ1v) is 9.07. The monoisotopic (exact) mass is 377 g/mol. The molecular weight excluding hydrogens is 357 g/mol. The number of hydrogen-bond donors (Lipinski definition) is 0. The van der Waals surface area contributed by atoms with Crippen LogP contribution in [0.2, 0.25) is 10.0 Å². The van der Waals surface area contributed by atoms with E-state index in [1.807, 2.05) is 12.1 Å². The van der Waals surface area contributed by atoms with E-state index in [1.165, 1.54) is 18.2 Å². The van der Waals surface area contributed by atoms with Crippen LogP contribution >= 0.6 is 23.2 Å². The summed E-state index contributed by atoms with van der Waals surface area (Å²) in [6.07, 6.45) is 0.657. The number of esters is 1. The van der Waals surface area contributed by atoms with Crippen molar-refractivity contribution < 1.29 is 9.53 Å². The molecule has 3 nitrogen and oxygen atoms in total. The van der Waals surface area contributed by atoms with Crippen LogP contribution in [0.4, 0.5) is 5.69 Å². The second-order valence-corrected chi connectivity index (χ2v) is 7.48. The standard InChI is InChI=1S/C20H21Cl2NO2/c1-12(2)14-5-7-18-15(9-14)10-19(20(24)25-3)23(18)11-13-4-6-16(21)17(22)8-13/h4-9,12,19H,10-11H2,1-3H3. The smallest absolute Gasteiger partial charge is 0.328 e. The van der Waals surface area contributed by atoms with Crippen LogP contribution in [-0.2, 0) is 22.5 Å². The predicted octanol–water partition coefficient (Wildman–Crippen LogP) is 5.22. The lowest BCUT2D eigenvalue weighted by molar-refractivity contribution is -0.142. The van der Waals surface area contributed by atoms with Crippen LogP contribution in [0.25, 0.3) is 0 Å². The topological polar surface area (TPSA) is 29.5 Å². The van der Waals surface area contributed by atoms with Gasteiger partial charge >= 0.3 is 5.97 Å². The molecule has 1 aliphatic rings. The second kappa shape index (κ2) is 7.27. The highest BCUT2D eigenvalue weighted by molar-refractivity contribution is 6.42. The number of halogens is 2. The Hall–Kier alpha value is -1.71. The Morgan fingerprint density at radius 3 is 2.60 bits per heavy atom. The molecule has 2 aromatic rings. The summed E-state index contributed by atoms with van der Waals surface area (Å²) in [5.74, 6) is 0.230. The van der Waals surface area contributed by atoms with Crippen LogP contribution in [0, 0.1) is 0 Å². The first-order chi connectivity index (χ1) is 11.9. The van der Waals surface area contributed by atoms with E-state index in [4.69, 9.17) is 27.9 Å².